The average Bonchev–Trinajstić information content (AvgIpc) is 2.80. The Bertz CT molecular complexity index is 1070. The van der Waals surface area contributed by atoms with Crippen molar-refractivity contribution >= 4 is 29.5 Å². The van der Waals surface area contributed by atoms with E-state index in [1.54, 1.807) is 0 Å². The van der Waals surface area contributed by atoms with Crippen molar-refractivity contribution in [1.82, 2.24) is 10.2 Å². The van der Waals surface area contributed by atoms with Crippen molar-refractivity contribution in [1.29, 1.82) is 0 Å². The minimum absolute atomic E-state index is 0.0210. The van der Waals surface area contributed by atoms with Gasteiger partial charge in [0.05, 0.1) is 16.6 Å². The molecule has 1 aliphatic rings. The summed E-state index contributed by atoms with van der Waals surface area (Å²) in [7, 11) is 0. The Kier molecular flexibility index (Phi) is 7.87. The second-order valence-electron chi connectivity index (χ2n) is 8.66. The molecular weight excluding hydrogens is 456 g/mol. The van der Waals surface area contributed by atoms with E-state index in [9.17, 15) is 19.5 Å². The molecule has 7 nitrogen and oxygen atoms in total. The van der Waals surface area contributed by atoms with Crippen molar-refractivity contribution in [2.45, 2.75) is 65.6 Å². The number of carboxylic acids is 1. The first-order valence-electron chi connectivity index (χ1n) is 11.6. The number of ether oxygens (including phenoxy) is 1. The monoisotopic (exact) mass is 486 g/mol. The number of carbonyl (C=O) groups is 3. The minimum atomic E-state index is -1.15. The number of rotatable bonds is 9. The van der Waals surface area contributed by atoms with Crippen molar-refractivity contribution in [3.8, 4) is 5.75 Å². The molecule has 0 saturated carbocycles. The first-order chi connectivity index (χ1) is 16.2. The third kappa shape index (κ3) is 4.75. The number of benzene rings is 2. The molecule has 1 heterocycles. The molecule has 0 aliphatic carbocycles. The molecule has 2 N–H and O–H groups in total. The van der Waals surface area contributed by atoms with Crippen molar-refractivity contribution < 1.29 is 24.2 Å². The molecule has 1 fully saturated rings. The number of aryl methyl sites for hydroxylation is 1. The summed E-state index contributed by atoms with van der Waals surface area (Å²) in [6.45, 7) is 7.82. The van der Waals surface area contributed by atoms with Gasteiger partial charge in [0.2, 0.25) is 5.91 Å². The molecule has 0 radical (unpaired) electrons. The molecule has 1 saturated heterocycles. The first-order valence-corrected chi connectivity index (χ1v) is 12.0. The number of carboxylic acid groups (broad SMARTS) is 1. The van der Waals surface area contributed by atoms with Crippen LogP contribution in [0.15, 0.2) is 42.5 Å². The standard InChI is InChI=1S/C26H31ClN2O5/c1-5-8-21(17-11-9-16(4)10-12-17)28-25(33)29-23(32)26(6-2,7-3)24(29)34-18-13-14-19(22(30)31)20(27)15-18/h9-15,21,24H,5-8H2,1-4H3,(H,28,33)(H,30,31)/t21-,24+/m1/s1. The van der Waals surface area contributed by atoms with Crippen LogP contribution in [0.4, 0.5) is 4.79 Å². The fourth-order valence-electron chi connectivity index (χ4n) is 4.40. The van der Waals surface area contributed by atoms with Gasteiger partial charge in [0.15, 0.2) is 6.23 Å². The number of amides is 3. The van der Waals surface area contributed by atoms with E-state index in [-0.39, 0.29) is 22.5 Å². The van der Waals surface area contributed by atoms with E-state index in [2.05, 4.69) is 5.32 Å². The van der Waals surface area contributed by atoms with Crippen LogP contribution in [-0.4, -0.2) is 34.1 Å². The molecule has 2 aromatic rings. The van der Waals surface area contributed by atoms with Crippen LogP contribution in [0.25, 0.3) is 0 Å². The van der Waals surface area contributed by atoms with Gasteiger partial charge in [-0.3, -0.25) is 4.79 Å². The number of nitrogens with zero attached hydrogens (tertiary/aromatic N) is 1. The lowest BCUT2D eigenvalue weighted by Gasteiger charge is -2.53. The number of imide groups is 1. The van der Waals surface area contributed by atoms with Crippen LogP contribution >= 0.6 is 11.6 Å². The van der Waals surface area contributed by atoms with E-state index in [0.717, 1.165) is 28.9 Å². The number of hydrogen-bond acceptors (Lipinski definition) is 4. The highest BCUT2D eigenvalue weighted by Gasteiger charge is 2.63. The molecule has 8 heteroatoms. The summed E-state index contributed by atoms with van der Waals surface area (Å²) in [4.78, 5) is 38.9. The lowest BCUT2D eigenvalue weighted by atomic mass is 9.72. The number of halogens is 1. The van der Waals surface area contributed by atoms with Gasteiger partial charge in [0.25, 0.3) is 0 Å². The van der Waals surface area contributed by atoms with Gasteiger partial charge in [-0.25, -0.2) is 14.5 Å². The Labute approximate surface area is 205 Å². The predicted octanol–water partition coefficient (Wildman–Crippen LogP) is 5.95. The van der Waals surface area contributed by atoms with Gasteiger partial charge in [-0.15, -0.1) is 0 Å². The van der Waals surface area contributed by atoms with E-state index in [1.807, 2.05) is 52.0 Å². The molecule has 0 unspecified atom stereocenters. The fourth-order valence-corrected chi connectivity index (χ4v) is 4.65. The summed E-state index contributed by atoms with van der Waals surface area (Å²) in [5, 5.41) is 12.2. The van der Waals surface area contributed by atoms with Crippen molar-refractivity contribution in [2.75, 3.05) is 0 Å². The van der Waals surface area contributed by atoms with Gasteiger partial charge in [0, 0.05) is 0 Å². The smallest absolute Gasteiger partial charge is 0.337 e. The Morgan fingerprint density at radius 3 is 2.32 bits per heavy atom. The second-order valence-corrected chi connectivity index (χ2v) is 9.06. The molecule has 182 valence electrons. The maximum atomic E-state index is 13.3. The third-order valence-corrected chi connectivity index (χ3v) is 6.92. The molecule has 1 aliphatic heterocycles. The van der Waals surface area contributed by atoms with Gasteiger partial charge in [-0.1, -0.05) is 68.6 Å². The van der Waals surface area contributed by atoms with E-state index >= 15 is 0 Å². The van der Waals surface area contributed by atoms with Gasteiger partial charge < -0.3 is 15.2 Å². The maximum absolute atomic E-state index is 13.3. The summed E-state index contributed by atoms with van der Waals surface area (Å²) in [5.74, 6) is -1.14. The Balaban J connectivity index is 1.86. The largest absolute Gasteiger partial charge is 0.478 e. The highest BCUT2D eigenvalue weighted by atomic mass is 35.5. The summed E-state index contributed by atoms with van der Waals surface area (Å²) in [6.07, 6.45) is 1.74. The van der Waals surface area contributed by atoms with Crippen LogP contribution < -0.4 is 10.1 Å². The molecule has 34 heavy (non-hydrogen) atoms. The van der Waals surface area contributed by atoms with Crippen LogP contribution in [-0.2, 0) is 4.79 Å². The van der Waals surface area contributed by atoms with Crippen molar-refractivity contribution in [2.24, 2.45) is 5.41 Å². The van der Waals surface area contributed by atoms with Gasteiger partial charge in [0.1, 0.15) is 11.2 Å². The number of hydrogen-bond donors (Lipinski definition) is 2. The molecule has 2 aromatic carbocycles. The maximum Gasteiger partial charge on any atom is 0.337 e. The average molecular weight is 487 g/mol. The van der Waals surface area contributed by atoms with Crippen molar-refractivity contribution in [3.63, 3.8) is 0 Å². The van der Waals surface area contributed by atoms with Crippen LogP contribution in [0.1, 0.15) is 74.0 Å². The summed E-state index contributed by atoms with van der Waals surface area (Å²) in [5.41, 5.74) is 1.20. The van der Waals surface area contributed by atoms with E-state index in [0.29, 0.717) is 18.6 Å². The van der Waals surface area contributed by atoms with Gasteiger partial charge >= 0.3 is 12.0 Å². The summed E-state index contributed by atoms with van der Waals surface area (Å²) in [6, 6.07) is 11.4. The Hall–Kier alpha value is -3.06. The van der Waals surface area contributed by atoms with Crippen LogP contribution in [0.2, 0.25) is 5.02 Å². The molecule has 0 bridgehead atoms. The molecular formula is C26H31ClN2O5. The molecule has 3 rings (SSSR count). The van der Waals surface area contributed by atoms with Crippen LogP contribution in [0.3, 0.4) is 0 Å². The molecule has 0 spiro atoms. The number of carbonyl (C=O) groups excluding carboxylic acids is 2. The fraction of sp³-hybridized carbons (Fsp3) is 0.423. The minimum Gasteiger partial charge on any atom is -0.478 e. The van der Waals surface area contributed by atoms with E-state index in [1.165, 1.54) is 18.2 Å². The van der Waals surface area contributed by atoms with Crippen LogP contribution in [0, 0.1) is 12.3 Å². The Morgan fingerprint density at radius 1 is 1.15 bits per heavy atom. The third-order valence-electron chi connectivity index (χ3n) is 6.61. The Morgan fingerprint density at radius 2 is 1.79 bits per heavy atom. The second kappa shape index (κ2) is 10.5. The first kappa shape index (κ1) is 25.6. The van der Waals surface area contributed by atoms with E-state index in [4.69, 9.17) is 16.3 Å². The molecule has 0 aromatic heterocycles. The molecule has 3 amide bonds. The lowest BCUT2D eigenvalue weighted by Crippen LogP contribution is -2.73. The lowest BCUT2D eigenvalue weighted by molar-refractivity contribution is -0.191. The van der Waals surface area contributed by atoms with Gasteiger partial charge in [-0.2, -0.15) is 0 Å². The zero-order valence-corrected chi connectivity index (χ0v) is 20.7. The highest BCUT2D eigenvalue weighted by molar-refractivity contribution is 6.33. The van der Waals surface area contributed by atoms with E-state index < -0.39 is 23.6 Å². The number of urea groups is 1. The molecule has 2 atom stereocenters. The predicted molar refractivity (Wildman–Crippen MR) is 130 cm³/mol. The number of aromatic carboxylic acids is 1. The number of likely N-dealkylation sites (tertiary alicyclic amines) is 1. The number of β-lactam (4-membered cyclic amide) rings is 1. The number of nitrogens with one attached hydrogen (secondary N) is 1. The van der Waals surface area contributed by atoms with Crippen LogP contribution in [0.5, 0.6) is 5.75 Å². The van der Waals surface area contributed by atoms with Crippen molar-refractivity contribution in [3.05, 3.63) is 64.2 Å². The highest BCUT2D eigenvalue weighted by Crippen LogP contribution is 2.46. The summed E-state index contributed by atoms with van der Waals surface area (Å²) >= 11 is 6.10. The zero-order valence-electron chi connectivity index (χ0n) is 19.9. The SMILES string of the molecule is CCC[C@@H](NC(=O)N1C(=O)C(CC)(CC)[C@@H]1Oc1ccc(C(=O)O)c(Cl)c1)c1ccc(C)cc1. The zero-order chi connectivity index (χ0) is 25.0. The summed E-state index contributed by atoms with van der Waals surface area (Å²) < 4.78 is 6.10. The van der Waals surface area contributed by atoms with Gasteiger partial charge in [-0.05, 0) is 49.9 Å². The normalized spacial score (nSPS) is 17.6. The topological polar surface area (TPSA) is 95.9 Å². The quantitative estimate of drug-likeness (QED) is 0.427.